The van der Waals surface area contributed by atoms with Crippen LogP contribution in [0.15, 0.2) is 67.0 Å². The Kier molecular flexibility index (Phi) is 6.44. The van der Waals surface area contributed by atoms with Crippen LogP contribution in [0.1, 0.15) is 45.4 Å². The van der Waals surface area contributed by atoms with Gasteiger partial charge in [0.2, 0.25) is 11.9 Å². The lowest BCUT2D eigenvalue weighted by Crippen LogP contribution is -2.14. The molecule has 0 radical (unpaired) electrons. The molecule has 32 heavy (non-hydrogen) atoms. The lowest BCUT2D eigenvalue weighted by molar-refractivity contribution is -0.117. The fraction of sp³-hybridized carbons (Fsp3) is 0.280. The molecule has 1 unspecified atom stereocenters. The normalized spacial score (nSPS) is 13.7. The van der Waals surface area contributed by atoms with E-state index in [2.05, 4.69) is 20.4 Å². The number of hydrogen-bond donors (Lipinski definition) is 1. The molecule has 5 rings (SSSR count). The molecule has 1 fully saturated rings. The Labute approximate surface area is 187 Å². The van der Waals surface area contributed by atoms with Gasteiger partial charge in [0.05, 0.1) is 5.69 Å². The third-order valence-electron chi connectivity index (χ3n) is 5.13. The van der Waals surface area contributed by atoms with E-state index >= 15 is 0 Å². The highest BCUT2D eigenvalue weighted by Crippen LogP contribution is 2.31. The van der Waals surface area contributed by atoms with Crippen LogP contribution in [0, 0.1) is 5.92 Å². The van der Waals surface area contributed by atoms with Crippen molar-refractivity contribution in [2.75, 3.05) is 5.32 Å². The Bertz CT molecular complexity index is 1180. The standard InChI is InChI=1S/C23H21N5O2.C2H6/c1-15(20-6-2-3-13-24-20)30-18-11-9-16(10-12-18)19-5-4-14-28-21(19)25-23(27-28)26-22(29)17-7-8-17;1-2/h2-6,9-15,17H,7-8H2,1H3,(H,26,27,29);1-2H3. The molecule has 0 saturated heterocycles. The van der Waals surface area contributed by atoms with Gasteiger partial charge in [-0.25, -0.2) is 4.52 Å². The third-order valence-corrected chi connectivity index (χ3v) is 5.13. The summed E-state index contributed by atoms with van der Waals surface area (Å²) in [6.45, 7) is 5.98. The van der Waals surface area contributed by atoms with Crippen LogP contribution >= 0.6 is 0 Å². The summed E-state index contributed by atoms with van der Waals surface area (Å²) in [4.78, 5) is 20.9. The molecule has 1 atom stereocenters. The van der Waals surface area contributed by atoms with Crippen molar-refractivity contribution in [2.24, 2.45) is 5.92 Å². The Hall–Kier alpha value is -3.74. The van der Waals surface area contributed by atoms with Gasteiger partial charge in [0.25, 0.3) is 0 Å². The molecular weight excluding hydrogens is 402 g/mol. The smallest absolute Gasteiger partial charge is 0.249 e. The van der Waals surface area contributed by atoms with Crippen molar-refractivity contribution in [1.82, 2.24) is 19.6 Å². The molecule has 0 bridgehead atoms. The number of amides is 1. The molecule has 1 aliphatic carbocycles. The van der Waals surface area contributed by atoms with Gasteiger partial charge in [-0.05, 0) is 61.7 Å². The number of pyridine rings is 2. The summed E-state index contributed by atoms with van der Waals surface area (Å²) >= 11 is 0. The van der Waals surface area contributed by atoms with Gasteiger partial charge in [0.1, 0.15) is 11.9 Å². The quantitative estimate of drug-likeness (QED) is 0.449. The van der Waals surface area contributed by atoms with Crippen LogP contribution in [-0.2, 0) is 4.79 Å². The number of hydrogen-bond acceptors (Lipinski definition) is 5. The molecule has 1 amide bonds. The van der Waals surface area contributed by atoms with Gasteiger partial charge in [-0.3, -0.25) is 15.1 Å². The molecule has 1 aliphatic rings. The van der Waals surface area contributed by atoms with E-state index in [-0.39, 0.29) is 17.9 Å². The van der Waals surface area contributed by atoms with E-state index < -0.39 is 0 Å². The van der Waals surface area contributed by atoms with Crippen LogP contribution in [0.5, 0.6) is 5.75 Å². The number of fused-ring (bicyclic) bond motifs is 1. The Morgan fingerprint density at radius 1 is 1.09 bits per heavy atom. The number of nitrogens with one attached hydrogen (secondary N) is 1. The van der Waals surface area contributed by atoms with E-state index in [4.69, 9.17) is 4.74 Å². The number of carbonyl (C=O) groups excluding carboxylic acids is 1. The van der Waals surface area contributed by atoms with Crippen LogP contribution in [0.3, 0.4) is 0 Å². The average Bonchev–Trinajstić information content (AvgIpc) is 3.61. The first-order valence-corrected chi connectivity index (χ1v) is 11.0. The van der Waals surface area contributed by atoms with E-state index in [0.717, 1.165) is 35.4 Å². The van der Waals surface area contributed by atoms with Gasteiger partial charge in [-0.2, -0.15) is 4.98 Å². The van der Waals surface area contributed by atoms with Crippen LogP contribution in [0.4, 0.5) is 5.95 Å². The lowest BCUT2D eigenvalue weighted by atomic mass is 10.1. The SMILES string of the molecule is CC.CC(Oc1ccc(-c2cccn3nc(NC(=O)C4CC4)nc23)cc1)c1ccccn1. The van der Waals surface area contributed by atoms with Crippen molar-refractivity contribution in [3.05, 3.63) is 72.7 Å². The highest BCUT2D eigenvalue weighted by atomic mass is 16.5. The molecular formula is C25H27N5O2. The molecule has 1 N–H and O–H groups in total. The van der Waals surface area contributed by atoms with Gasteiger partial charge >= 0.3 is 0 Å². The van der Waals surface area contributed by atoms with Gasteiger partial charge in [0, 0.05) is 23.9 Å². The summed E-state index contributed by atoms with van der Waals surface area (Å²) in [6.07, 6.45) is 5.33. The summed E-state index contributed by atoms with van der Waals surface area (Å²) in [5, 5.41) is 7.19. The van der Waals surface area contributed by atoms with Crippen molar-refractivity contribution in [3.8, 4) is 16.9 Å². The predicted molar refractivity (Wildman–Crippen MR) is 124 cm³/mol. The van der Waals surface area contributed by atoms with Crippen molar-refractivity contribution in [3.63, 3.8) is 0 Å². The number of ether oxygens (including phenoxy) is 1. The molecule has 164 valence electrons. The molecule has 1 aromatic carbocycles. The first-order valence-electron chi connectivity index (χ1n) is 11.0. The van der Waals surface area contributed by atoms with Gasteiger partial charge < -0.3 is 4.74 Å². The van der Waals surface area contributed by atoms with E-state index in [0.29, 0.717) is 11.6 Å². The molecule has 7 heteroatoms. The Morgan fingerprint density at radius 2 is 1.88 bits per heavy atom. The highest BCUT2D eigenvalue weighted by molar-refractivity contribution is 5.93. The van der Waals surface area contributed by atoms with Crippen LogP contribution in [0.2, 0.25) is 0 Å². The van der Waals surface area contributed by atoms with E-state index in [9.17, 15) is 4.79 Å². The second-order valence-corrected chi connectivity index (χ2v) is 7.43. The number of anilines is 1. The largest absolute Gasteiger partial charge is 0.484 e. The summed E-state index contributed by atoms with van der Waals surface area (Å²) in [6, 6.07) is 17.5. The zero-order valence-electron chi connectivity index (χ0n) is 18.5. The summed E-state index contributed by atoms with van der Waals surface area (Å²) in [7, 11) is 0. The number of carbonyl (C=O) groups is 1. The fourth-order valence-electron chi connectivity index (χ4n) is 3.34. The van der Waals surface area contributed by atoms with E-state index in [1.54, 1.807) is 10.7 Å². The first kappa shape index (κ1) is 21.5. The van der Waals surface area contributed by atoms with Crippen molar-refractivity contribution < 1.29 is 9.53 Å². The second kappa shape index (κ2) is 9.60. The molecule has 0 spiro atoms. The molecule has 4 aromatic rings. The van der Waals surface area contributed by atoms with Crippen molar-refractivity contribution in [1.29, 1.82) is 0 Å². The lowest BCUT2D eigenvalue weighted by Gasteiger charge is -2.14. The van der Waals surface area contributed by atoms with Crippen LogP contribution < -0.4 is 10.1 Å². The molecule has 3 aromatic heterocycles. The van der Waals surface area contributed by atoms with Crippen LogP contribution in [0.25, 0.3) is 16.8 Å². The van der Waals surface area contributed by atoms with Gasteiger partial charge in [0.15, 0.2) is 5.65 Å². The Balaban J connectivity index is 0.00000119. The van der Waals surface area contributed by atoms with E-state index in [1.165, 1.54) is 0 Å². The maximum absolute atomic E-state index is 12.0. The minimum absolute atomic E-state index is 0.00372. The predicted octanol–water partition coefficient (Wildman–Crippen LogP) is 5.31. The van der Waals surface area contributed by atoms with E-state index in [1.807, 2.05) is 81.6 Å². The summed E-state index contributed by atoms with van der Waals surface area (Å²) in [5.74, 6) is 1.21. The van der Waals surface area contributed by atoms with Crippen molar-refractivity contribution >= 4 is 17.5 Å². The third kappa shape index (κ3) is 4.77. The fourth-order valence-corrected chi connectivity index (χ4v) is 3.34. The second-order valence-electron chi connectivity index (χ2n) is 7.43. The average molecular weight is 430 g/mol. The highest BCUT2D eigenvalue weighted by Gasteiger charge is 2.30. The summed E-state index contributed by atoms with van der Waals surface area (Å²) < 4.78 is 7.70. The van der Waals surface area contributed by atoms with Crippen LogP contribution in [-0.4, -0.2) is 25.5 Å². The van der Waals surface area contributed by atoms with Gasteiger partial charge in [-0.15, -0.1) is 5.10 Å². The summed E-state index contributed by atoms with van der Waals surface area (Å²) in [5.41, 5.74) is 3.50. The first-order chi connectivity index (χ1) is 15.7. The molecule has 0 aliphatic heterocycles. The number of benzene rings is 1. The van der Waals surface area contributed by atoms with Crippen molar-refractivity contribution in [2.45, 2.75) is 39.7 Å². The maximum atomic E-state index is 12.0. The minimum Gasteiger partial charge on any atom is -0.484 e. The zero-order chi connectivity index (χ0) is 22.5. The molecule has 1 saturated carbocycles. The maximum Gasteiger partial charge on any atom is 0.249 e. The zero-order valence-corrected chi connectivity index (χ0v) is 18.5. The Morgan fingerprint density at radius 3 is 2.56 bits per heavy atom. The monoisotopic (exact) mass is 429 g/mol. The molecule has 7 nitrogen and oxygen atoms in total. The topological polar surface area (TPSA) is 81.4 Å². The minimum atomic E-state index is -0.144. The number of rotatable bonds is 6. The number of nitrogens with zero attached hydrogens (tertiary/aromatic N) is 4. The van der Waals surface area contributed by atoms with Gasteiger partial charge in [-0.1, -0.05) is 32.0 Å². The number of aromatic nitrogens is 4. The molecule has 3 heterocycles.